The molecule has 4 saturated carbocycles. The zero-order valence-corrected chi connectivity index (χ0v) is 14.0. The van der Waals surface area contributed by atoms with Gasteiger partial charge in [-0.05, 0) is 70.1 Å². The van der Waals surface area contributed by atoms with Crippen LogP contribution in [0.2, 0.25) is 0 Å². The highest BCUT2D eigenvalue weighted by Gasteiger charge is 2.51. The minimum atomic E-state index is 0.148. The first kappa shape index (κ1) is 14.9. The van der Waals surface area contributed by atoms with Crippen LogP contribution in [0, 0.1) is 17.8 Å². The van der Waals surface area contributed by atoms with Crippen LogP contribution in [0.3, 0.4) is 0 Å². The fraction of sp³-hybridized carbons (Fsp3) is 0.944. The molecule has 0 radical (unpaired) electrons. The third-order valence-electron chi connectivity index (χ3n) is 6.31. The first-order valence-corrected chi connectivity index (χ1v) is 9.18. The fourth-order valence-corrected chi connectivity index (χ4v) is 6.22. The van der Waals surface area contributed by atoms with Crippen LogP contribution in [-0.2, 0) is 9.53 Å². The van der Waals surface area contributed by atoms with Crippen LogP contribution in [0.5, 0.6) is 0 Å². The summed E-state index contributed by atoms with van der Waals surface area (Å²) in [6.07, 6.45) is 8.45. The summed E-state index contributed by atoms with van der Waals surface area (Å²) in [7, 11) is 0. The zero-order valence-electron chi connectivity index (χ0n) is 14.0. The van der Waals surface area contributed by atoms with Gasteiger partial charge in [-0.1, -0.05) is 0 Å². The van der Waals surface area contributed by atoms with E-state index in [1.165, 1.54) is 38.5 Å². The lowest BCUT2D eigenvalue weighted by molar-refractivity contribution is -0.131. The maximum atomic E-state index is 12.6. The number of nitrogens with one attached hydrogen (secondary N) is 1. The van der Waals surface area contributed by atoms with E-state index in [9.17, 15) is 4.79 Å². The first-order chi connectivity index (χ1) is 10.5. The summed E-state index contributed by atoms with van der Waals surface area (Å²) in [5, 5.41) is 3.48. The van der Waals surface area contributed by atoms with E-state index in [2.05, 4.69) is 24.1 Å². The van der Waals surface area contributed by atoms with Crippen LogP contribution in [0.1, 0.15) is 52.4 Å². The summed E-state index contributed by atoms with van der Waals surface area (Å²) in [5.41, 5.74) is 0.148. The van der Waals surface area contributed by atoms with E-state index >= 15 is 0 Å². The van der Waals surface area contributed by atoms with Crippen LogP contribution >= 0.6 is 0 Å². The summed E-state index contributed by atoms with van der Waals surface area (Å²) in [6, 6.07) is 0. The molecule has 4 nitrogen and oxygen atoms in total. The van der Waals surface area contributed by atoms with Crippen LogP contribution < -0.4 is 5.32 Å². The Morgan fingerprint density at radius 3 is 2.05 bits per heavy atom. The summed E-state index contributed by atoms with van der Waals surface area (Å²) in [4.78, 5) is 14.9. The first-order valence-electron chi connectivity index (χ1n) is 9.18. The Morgan fingerprint density at radius 2 is 1.55 bits per heavy atom. The smallest absolute Gasteiger partial charge is 0.234 e. The zero-order chi connectivity index (χ0) is 15.3. The maximum Gasteiger partial charge on any atom is 0.234 e. The average molecular weight is 306 g/mol. The van der Waals surface area contributed by atoms with E-state index in [4.69, 9.17) is 4.74 Å². The minimum Gasteiger partial charge on any atom is -0.373 e. The van der Waals surface area contributed by atoms with Crippen LogP contribution in [-0.4, -0.2) is 48.2 Å². The second-order valence-electron chi connectivity index (χ2n) is 8.70. The summed E-state index contributed by atoms with van der Waals surface area (Å²) >= 11 is 0. The van der Waals surface area contributed by atoms with Gasteiger partial charge in [0, 0.05) is 18.6 Å². The summed E-state index contributed by atoms with van der Waals surface area (Å²) in [5.74, 6) is 2.89. The van der Waals surface area contributed by atoms with Gasteiger partial charge in [-0.3, -0.25) is 9.69 Å². The van der Waals surface area contributed by atoms with E-state index in [-0.39, 0.29) is 23.7 Å². The molecule has 22 heavy (non-hydrogen) atoms. The van der Waals surface area contributed by atoms with Crippen LogP contribution in [0.15, 0.2) is 0 Å². The normalized spacial score (nSPS) is 47.6. The van der Waals surface area contributed by atoms with Crippen LogP contribution in [0.4, 0.5) is 0 Å². The Labute approximate surface area is 134 Å². The highest BCUT2D eigenvalue weighted by Crippen LogP contribution is 2.55. The Kier molecular flexibility index (Phi) is 3.73. The molecule has 4 heteroatoms. The number of morpholine rings is 1. The van der Waals surface area contributed by atoms with Gasteiger partial charge in [0.05, 0.1) is 18.8 Å². The van der Waals surface area contributed by atoms with Gasteiger partial charge in [0.25, 0.3) is 0 Å². The third-order valence-corrected chi connectivity index (χ3v) is 6.31. The molecule has 5 aliphatic rings. The molecule has 0 unspecified atom stereocenters. The highest BCUT2D eigenvalue weighted by atomic mass is 16.5. The molecule has 4 bridgehead atoms. The minimum absolute atomic E-state index is 0.148. The number of hydrogen-bond donors (Lipinski definition) is 1. The van der Waals surface area contributed by atoms with E-state index in [0.29, 0.717) is 6.54 Å². The number of rotatable bonds is 3. The largest absolute Gasteiger partial charge is 0.373 e. The standard InChI is InChI=1S/C18H30N2O2/c1-12-9-20(10-13(2)22-12)11-17(21)19-18-6-14-3-15(7-18)5-16(4-14)8-18/h12-16H,3-11H2,1-2H3,(H,19,21)/t12-,13+,14?,15?,16?,18?. The molecule has 1 N–H and O–H groups in total. The van der Waals surface area contributed by atoms with Gasteiger partial charge in [0.1, 0.15) is 0 Å². The molecule has 2 atom stereocenters. The lowest BCUT2D eigenvalue weighted by Crippen LogP contribution is -2.61. The van der Waals surface area contributed by atoms with E-state index in [0.717, 1.165) is 30.8 Å². The number of amides is 1. The molecule has 124 valence electrons. The number of ether oxygens (including phenoxy) is 1. The molecule has 1 saturated heterocycles. The van der Waals surface area contributed by atoms with Crippen molar-refractivity contribution in [1.82, 2.24) is 10.2 Å². The Morgan fingerprint density at radius 1 is 1.05 bits per heavy atom. The molecular weight excluding hydrogens is 276 g/mol. The second-order valence-corrected chi connectivity index (χ2v) is 8.70. The van der Waals surface area contributed by atoms with Gasteiger partial charge in [-0.25, -0.2) is 0 Å². The number of hydrogen-bond acceptors (Lipinski definition) is 3. The van der Waals surface area contributed by atoms with Gasteiger partial charge >= 0.3 is 0 Å². The molecule has 0 aromatic rings. The lowest BCUT2D eigenvalue weighted by atomic mass is 9.53. The topological polar surface area (TPSA) is 41.6 Å². The molecular formula is C18H30N2O2. The predicted octanol–water partition coefficient (Wildman–Crippen LogP) is 2.18. The Balaban J connectivity index is 1.36. The number of carbonyl (C=O) groups is 1. The highest BCUT2D eigenvalue weighted by molar-refractivity contribution is 5.79. The Hall–Kier alpha value is -0.610. The van der Waals surface area contributed by atoms with Crippen molar-refractivity contribution in [2.24, 2.45) is 17.8 Å². The SMILES string of the molecule is C[C@@H]1CN(CC(=O)NC23CC4CC(CC(C4)C2)C3)C[C@H](C)O1. The molecule has 5 fully saturated rings. The lowest BCUT2D eigenvalue weighted by Gasteiger charge is -2.57. The van der Waals surface area contributed by atoms with E-state index < -0.39 is 0 Å². The average Bonchev–Trinajstić information content (AvgIpc) is 2.33. The van der Waals surface area contributed by atoms with Gasteiger partial charge in [0.2, 0.25) is 5.91 Å². The summed E-state index contributed by atoms with van der Waals surface area (Å²) in [6.45, 7) is 6.48. The monoisotopic (exact) mass is 306 g/mol. The van der Waals surface area contributed by atoms with Gasteiger partial charge < -0.3 is 10.1 Å². The molecule has 0 aromatic heterocycles. The van der Waals surface area contributed by atoms with Crippen molar-refractivity contribution in [2.75, 3.05) is 19.6 Å². The van der Waals surface area contributed by atoms with E-state index in [1.807, 2.05) is 0 Å². The van der Waals surface area contributed by atoms with Gasteiger partial charge in [-0.2, -0.15) is 0 Å². The van der Waals surface area contributed by atoms with Crippen molar-refractivity contribution < 1.29 is 9.53 Å². The second kappa shape index (κ2) is 5.48. The quantitative estimate of drug-likeness (QED) is 0.869. The van der Waals surface area contributed by atoms with Crippen molar-refractivity contribution in [1.29, 1.82) is 0 Å². The Bertz CT molecular complexity index is 405. The van der Waals surface area contributed by atoms with Gasteiger partial charge in [0.15, 0.2) is 0 Å². The molecule has 0 spiro atoms. The maximum absolute atomic E-state index is 12.6. The molecule has 1 aliphatic heterocycles. The predicted molar refractivity (Wildman–Crippen MR) is 85.5 cm³/mol. The fourth-order valence-electron chi connectivity index (χ4n) is 6.22. The molecule has 1 amide bonds. The van der Waals surface area contributed by atoms with E-state index in [1.54, 1.807) is 0 Å². The molecule has 5 rings (SSSR count). The van der Waals surface area contributed by atoms with Crippen molar-refractivity contribution in [2.45, 2.75) is 70.1 Å². The molecule has 1 heterocycles. The van der Waals surface area contributed by atoms with Crippen molar-refractivity contribution in [3.8, 4) is 0 Å². The summed E-state index contributed by atoms with van der Waals surface area (Å²) < 4.78 is 5.76. The number of carbonyl (C=O) groups excluding carboxylic acids is 1. The molecule has 4 aliphatic carbocycles. The molecule has 0 aromatic carbocycles. The van der Waals surface area contributed by atoms with Crippen molar-refractivity contribution in [3.05, 3.63) is 0 Å². The van der Waals surface area contributed by atoms with Crippen molar-refractivity contribution >= 4 is 5.91 Å². The number of nitrogens with zero attached hydrogens (tertiary/aromatic N) is 1. The van der Waals surface area contributed by atoms with Crippen LogP contribution in [0.25, 0.3) is 0 Å². The third kappa shape index (κ3) is 2.92. The van der Waals surface area contributed by atoms with Gasteiger partial charge in [-0.15, -0.1) is 0 Å². The van der Waals surface area contributed by atoms with Crippen molar-refractivity contribution in [3.63, 3.8) is 0 Å².